The van der Waals surface area contributed by atoms with Crippen molar-refractivity contribution >= 4 is 11.7 Å². The zero-order chi connectivity index (χ0) is 12.1. The molecule has 0 saturated heterocycles. The molecule has 4 nitrogen and oxygen atoms in total. The number of anilines is 1. The van der Waals surface area contributed by atoms with E-state index >= 15 is 0 Å². The van der Waals surface area contributed by atoms with Gasteiger partial charge in [0.25, 0.3) is 0 Å². The summed E-state index contributed by atoms with van der Waals surface area (Å²) in [6.07, 6.45) is 0. The fourth-order valence-corrected chi connectivity index (χ4v) is 1.06. The first-order valence-electron chi connectivity index (χ1n) is 4.53. The number of benzene rings is 1. The molecule has 0 aliphatic heterocycles. The quantitative estimate of drug-likeness (QED) is 0.751. The van der Waals surface area contributed by atoms with Crippen LogP contribution >= 0.6 is 0 Å². The highest BCUT2D eigenvalue weighted by Crippen LogP contribution is 2.20. The van der Waals surface area contributed by atoms with Gasteiger partial charge in [0.1, 0.15) is 0 Å². The number of nitrogens with one attached hydrogen (secondary N) is 1. The third-order valence-corrected chi connectivity index (χ3v) is 1.96. The predicted molar refractivity (Wildman–Crippen MR) is 58.2 cm³/mol. The van der Waals surface area contributed by atoms with Crippen molar-refractivity contribution in [1.29, 1.82) is 0 Å². The molecule has 0 aliphatic carbocycles. The SMILES string of the molecule is C=C(CNc1ccc(OC)c(F)c1)C(=O)O. The number of hydrogen-bond donors (Lipinski definition) is 2. The largest absolute Gasteiger partial charge is 0.494 e. The Bertz CT molecular complexity index is 418. The summed E-state index contributed by atoms with van der Waals surface area (Å²) in [5, 5.41) is 11.3. The molecule has 0 unspecified atom stereocenters. The summed E-state index contributed by atoms with van der Waals surface area (Å²) in [7, 11) is 1.37. The van der Waals surface area contributed by atoms with E-state index in [4.69, 9.17) is 9.84 Å². The summed E-state index contributed by atoms with van der Waals surface area (Å²) in [5.41, 5.74) is 0.483. The van der Waals surface area contributed by atoms with Gasteiger partial charge < -0.3 is 15.2 Å². The smallest absolute Gasteiger partial charge is 0.332 e. The molecule has 1 rings (SSSR count). The highest BCUT2D eigenvalue weighted by atomic mass is 19.1. The van der Waals surface area contributed by atoms with E-state index in [0.29, 0.717) is 5.69 Å². The summed E-state index contributed by atoms with van der Waals surface area (Å²) >= 11 is 0. The van der Waals surface area contributed by atoms with Crippen molar-refractivity contribution in [3.05, 3.63) is 36.2 Å². The van der Waals surface area contributed by atoms with Gasteiger partial charge in [-0.15, -0.1) is 0 Å². The minimum absolute atomic E-state index is 0.0104. The van der Waals surface area contributed by atoms with Crippen LogP contribution in [0.3, 0.4) is 0 Å². The summed E-state index contributed by atoms with van der Waals surface area (Å²) < 4.78 is 18.0. The molecule has 0 aromatic heterocycles. The lowest BCUT2D eigenvalue weighted by atomic mass is 10.2. The molecule has 86 valence electrons. The average molecular weight is 225 g/mol. The Morgan fingerprint density at radius 3 is 2.81 bits per heavy atom. The first-order valence-corrected chi connectivity index (χ1v) is 4.53. The molecule has 0 bridgehead atoms. The number of hydrogen-bond acceptors (Lipinski definition) is 3. The van der Waals surface area contributed by atoms with Gasteiger partial charge in [0, 0.05) is 23.9 Å². The Balaban J connectivity index is 2.65. The van der Waals surface area contributed by atoms with E-state index in [1.807, 2.05) is 0 Å². The lowest BCUT2D eigenvalue weighted by Crippen LogP contribution is -2.11. The second kappa shape index (κ2) is 5.16. The monoisotopic (exact) mass is 225 g/mol. The van der Waals surface area contributed by atoms with Crippen molar-refractivity contribution in [2.75, 3.05) is 19.0 Å². The van der Waals surface area contributed by atoms with Gasteiger partial charge in [-0.3, -0.25) is 0 Å². The lowest BCUT2D eigenvalue weighted by Gasteiger charge is -2.07. The fourth-order valence-electron chi connectivity index (χ4n) is 1.06. The zero-order valence-electron chi connectivity index (χ0n) is 8.79. The van der Waals surface area contributed by atoms with Gasteiger partial charge in [-0.25, -0.2) is 9.18 Å². The van der Waals surface area contributed by atoms with Crippen LogP contribution in [0.4, 0.5) is 10.1 Å². The number of carboxylic acids is 1. The van der Waals surface area contributed by atoms with Crippen molar-refractivity contribution in [2.45, 2.75) is 0 Å². The third kappa shape index (κ3) is 2.98. The maximum atomic E-state index is 13.2. The summed E-state index contributed by atoms with van der Waals surface area (Å²) in [5.74, 6) is -1.45. The van der Waals surface area contributed by atoms with Crippen LogP contribution in [0.1, 0.15) is 0 Å². The molecule has 0 spiro atoms. The Kier molecular flexibility index (Phi) is 3.88. The first kappa shape index (κ1) is 12.0. The molecule has 0 saturated carbocycles. The predicted octanol–water partition coefficient (Wildman–Crippen LogP) is 1.89. The van der Waals surface area contributed by atoms with Gasteiger partial charge >= 0.3 is 5.97 Å². The van der Waals surface area contributed by atoms with Crippen molar-refractivity contribution in [3.8, 4) is 5.75 Å². The van der Waals surface area contributed by atoms with Crippen LogP contribution in [0.5, 0.6) is 5.75 Å². The minimum atomic E-state index is -1.08. The molecule has 0 aliphatic rings. The van der Waals surface area contributed by atoms with Crippen LogP contribution in [0, 0.1) is 5.82 Å². The molecule has 0 atom stereocenters. The molecule has 0 radical (unpaired) electrons. The molecule has 0 fully saturated rings. The van der Waals surface area contributed by atoms with Gasteiger partial charge in [0.15, 0.2) is 11.6 Å². The Morgan fingerprint density at radius 2 is 2.31 bits per heavy atom. The number of halogens is 1. The van der Waals surface area contributed by atoms with Gasteiger partial charge in [-0.05, 0) is 12.1 Å². The molecule has 5 heteroatoms. The molecular weight excluding hydrogens is 213 g/mol. The second-order valence-corrected chi connectivity index (χ2v) is 3.11. The van der Waals surface area contributed by atoms with Crippen LogP contribution in [0.2, 0.25) is 0 Å². The van der Waals surface area contributed by atoms with E-state index in [-0.39, 0.29) is 17.9 Å². The van der Waals surface area contributed by atoms with E-state index in [1.54, 1.807) is 6.07 Å². The maximum Gasteiger partial charge on any atom is 0.332 e. The van der Waals surface area contributed by atoms with E-state index < -0.39 is 11.8 Å². The van der Waals surface area contributed by atoms with Crippen LogP contribution < -0.4 is 10.1 Å². The molecule has 0 amide bonds. The Morgan fingerprint density at radius 1 is 1.62 bits per heavy atom. The molecule has 1 aromatic rings. The van der Waals surface area contributed by atoms with Crippen molar-refractivity contribution in [2.24, 2.45) is 0 Å². The van der Waals surface area contributed by atoms with Gasteiger partial charge in [-0.1, -0.05) is 6.58 Å². The highest BCUT2D eigenvalue weighted by Gasteiger charge is 2.05. The number of rotatable bonds is 5. The van der Waals surface area contributed by atoms with Crippen LogP contribution in [0.15, 0.2) is 30.4 Å². The topological polar surface area (TPSA) is 58.6 Å². The van der Waals surface area contributed by atoms with E-state index in [2.05, 4.69) is 11.9 Å². The minimum Gasteiger partial charge on any atom is -0.494 e. The number of carboxylic acid groups (broad SMARTS) is 1. The second-order valence-electron chi connectivity index (χ2n) is 3.11. The van der Waals surface area contributed by atoms with Gasteiger partial charge in [-0.2, -0.15) is 0 Å². The van der Waals surface area contributed by atoms with Crippen LogP contribution in [-0.4, -0.2) is 24.7 Å². The fraction of sp³-hybridized carbons (Fsp3) is 0.182. The van der Waals surface area contributed by atoms with E-state index in [9.17, 15) is 9.18 Å². The summed E-state index contributed by atoms with van der Waals surface area (Å²) in [6, 6.07) is 4.28. The van der Waals surface area contributed by atoms with Crippen LogP contribution in [-0.2, 0) is 4.79 Å². The van der Waals surface area contributed by atoms with Crippen molar-refractivity contribution in [1.82, 2.24) is 0 Å². The molecule has 0 heterocycles. The average Bonchev–Trinajstić information content (AvgIpc) is 2.25. The molecule has 16 heavy (non-hydrogen) atoms. The highest BCUT2D eigenvalue weighted by molar-refractivity contribution is 5.86. The number of ether oxygens (including phenoxy) is 1. The zero-order valence-corrected chi connectivity index (χ0v) is 8.79. The Hall–Kier alpha value is -2.04. The third-order valence-electron chi connectivity index (χ3n) is 1.96. The number of carbonyl (C=O) groups is 1. The van der Waals surface area contributed by atoms with Crippen molar-refractivity contribution < 1.29 is 19.0 Å². The molecule has 2 N–H and O–H groups in total. The van der Waals surface area contributed by atoms with Gasteiger partial charge in [0.05, 0.1) is 7.11 Å². The lowest BCUT2D eigenvalue weighted by molar-refractivity contribution is -0.132. The van der Waals surface area contributed by atoms with Gasteiger partial charge in [0.2, 0.25) is 0 Å². The molecular formula is C11H12FNO3. The first-order chi connectivity index (χ1) is 7.54. The number of methoxy groups -OCH3 is 1. The normalized spacial score (nSPS) is 9.62. The summed E-state index contributed by atoms with van der Waals surface area (Å²) in [6.45, 7) is 3.40. The van der Waals surface area contributed by atoms with E-state index in [0.717, 1.165) is 0 Å². The number of aliphatic carboxylic acids is 1. The van der Waals surface area contributed by atoms with Crippen LogP contribution in [0.25, 0.3) is 0 Å². The Labute approximate surface area is 92.4 Å². The maximum absolute atomic E-state index is 13.2. The molecule has 1 aromatic carbocycles. The summed E-state index contributed by atoms with van der Waals surface area (Å²) in [4.78, 5) is 10.5. The van der Waals surface area contributed by atoms with Crippen molar-refractivity contribution in [3.63, 3.8) is 0 Å². The standard InChI is InChI=1S/C11H12FNO3/c1-7(11(14)15)6-13-8-3-4-10(16-2)9(12)5-8/h3-5,13H,1,6H2,2H3,(H,14,15). The van der Waals surface area contributed by atoms with E-state index in [1.165, 1.54) is 19.2 Å².